The van der Waals surface area contributed by atoms with E-state index in [0.717, 1.165) is 0 Å². The zero-order chi connectivity index (χ0) is 14.0. The first-order chi connectivity index (χ1) is 9.01. The molecule has 0 aliphatic carbocycles. The van der Waals surface area contributed by atoms with Gasteiger partial charge >= 0.3 is 5.97 Å². The lowest BCUT2D eigenvalue weighted by Gasteiger charge is -2.06. The number of hydrogen-bond acceptors (Lipinski definition) is 3. The Morgan fingerprint density at radius 2 is 1.89 bits per heavy atom. The van der Waals surface area contributed by atoms with Crippen molar-refractivity contribution < 1.29 is 9.90 Å². The molecule has 1 aromatic carbocycles. The van der Waals surface area contributed by atoms with Gasteiger partial charge in [-0.05, 0) is 24.6 Å². The summed E-state index contributed by atoms with van der Waals surface area (Å²) in [7, 11) is 0. The van der Waals surface area contributed by atoms with Crippen LogP contribution in [-0.2, 0) is 6.42 Å². The number of carboxylic acid groups (broad SMARTS) is 1. The molecule has 0 saturated carbocycles. The minimum absolute atomic E-state index is 0.111. The van der Waals surface area contributed by atoms with Crippen molar-refractivity contribution >= 4 is 29.2 Å². The van der Waals surface area contributed by atoms with E-state index in [9.17, 15) is 4.79 Å². The van der Waals surface area contributed by atoms with Crippen molar-refractivity contribution in [3.8, 4) is 11.4 Å². The minimum atomic E-state index is -1.03. The third kappa shape index (κ3) is 3.03. The predicted molar refractivity (Wildman–Crippen MR) is 73.8 cm³/mol. The molecule has 0 bridgehead atoms. The Hall–Kier alpha value is -1.65. The molecule has 0 saturated heterocycles. The van der Waals surface area contributed by atoms with Crippen molar-refractivity contribution in [2.75, 3.05) is 0 Å². The number of carboxylic acids is 1. The molecule has 0 aliphatic rings. The highest BCUT2D eigenvalue weighted by Crippen LogP contribution is 2.25. The molecule has 0 unspecified atom stereocenters. The summed E-state index contributed by atoms with van der Waals surface area (Å²) >= 11 is 11.8. The first kappa shape index (κ1) is 13.8. The number of hydrogen-bond donors (Lipinski definition) is 1. The summed E-state index contributed by atoms with van der Waals surface area (Å²) in [6.45, 7) is 1.84. The normalized spacial score (nSPS) is 10.5. The van der Waals surface area contributed by atoms with Gasteiger partial charge < -0.3 is 5.11 Å². The molecule has 6 heteroatoms. The Kier molecular flexibility index (Phi) is 4.02. The van der Waals surface area contributed by atoms with Crippen molar-refractivity contribution in [1.29, 1.82) is 0 Å². The fourth-order valence-electron chi connectivity index (χ4n) is 1.69. The van der Waals surface area contributed by atoms with Gasteiger partial charge in [-0.2, -0.15) is 0 Å². The van der Waals surface area contributed by atoms with E-state index in [1.54, 1.807) is 18.2 Å². The highest BCUT2D eigenvalue weighted by molar-refractivity contribution is 6.35. The predicted octanol–water partition coefficient (Wildman–Crippen LogP) is 3.71. The van der Waals surface area contributed by atoms with Gasteiger partial charge in [0.25, 0.3) is 0 Å². The summed E-state index contributed by atoms with van der Waals surface area (Å²) in [5.41, 5.74) is 1.25. The Morgan fingerprint density at radius 3 is 2.42 bits per heavy atom. The molecule has 1 aromatic heterocycles. The van der Waals surface area contributed by atoms with Crippen LogP contribution in [0, 0.1) is 0 Å². The summed E-state index contributed by atoms with van der Waals surface area (Å²) in [5, 5.41) is 9.98. The zero-order valence-corrected chi connectivity index (χ0v) is 11.5. The topological polar surface area (TPSA) is 63.1 Å². The second kappa shape index (κ2) is 5.55. The van der Waals surface area contributed by atoms with E-state index in [0.29, 0.717) is 33.5 Å². The quantitative estimate of drug-likeness (QED) is 0.938. The number of halogens is 2. The molecule has 0 aliphatic heterocycles. The maximum atomic E-state index is 11.0. The van der Waals surface area contributed by atoms with E-state index in [-0.39, 0.29) is 5.56 Å². The van der Waals surface area contributed by atoms with E-state index in [1.807, 2.05) is 6.92 Å². The van der Waals surface area contributed by atoms with Gasteiger partial charge in [0.15, 0.2) is 5.82 Å². The molecular formula is C13H10Cl2N2O2. The van der Waals surface area contributed by atoms with Crippen LogP contribution in [0.2, 0.25) is 10.0 Å². The number of rotatable bonds is 3. The number of aryl methyl sites for hydroxylation is 1. The molecule has 4 nitrogen and oxygen atoms in total. The van der Waals surface area contributed by atoms with Crippen LogP contribution in [-0.4, -0.2) is 21.0 Å². The standard InChI is InChI=1S/C13H10Cl2N2O2/c1-2-11-10(13(18)19)6-16-12(17-11)7-3-8(14)5-9(15)4-7/h3-6H,2H2,1H3,(H,18,19). The molecule has 19 heavy (non-hydrogen) atoms. The van der Waals surface area contributed by atoms with Crippen LogP contribution in [0.25, 0.3) is 11.4 Å². The van der Waals surface area contributed by atoms with E-state index in [2.05, 4.69) is 9.97 Å². The third-order valence-electron chi connectivity index (χ3n) is 2.55. The Balaban J connectivity index is 2.54. The van der Waals surface area contributed by atoms with E-state index in [4.69, 9.17) is 28.3 Å². The SMILES string of the molecule is CCc1nc(-c2cc(Cl)cc(Cl)c2)ncc1C(=O)O. The van der Waals surface area contributed by atoms with Gasteiger partial charge in [0.1, 0.15) is 0 Å². The average Bonchev–Trinajstić information content (AvgIpc) is 2.36. The maximum Gasteiger partial charge on any atom is 0.339 e. The monoisotopic (exact) mass is 296 g/mol. The lowest BCUT2D eigenvalue weighted by Crippen LogP contribution is -2.06. The average molecular weight is 297 g/mol. The summed E-state index contributed by atoms with van der Waals surface area (Å²) < 4.78 is 0. The molecule has 1 N–H and O–H groups in total. The zero-order valence-electron chi connectivity index (χ0n) is 10.0. The summed E-state index contributed by atoms with van der Waals surface area (Å²) in [4.78, 5) is 19.3. The van der Waals surface area contributed by atoms with E-state index < -0.39 is 5.97 Å². The van der Waals surface area contributed by atoms with Crippen molar-refractivity contribution in [3.63, 3.8) is 0 Å². The van der Waals surface area contributed by atoms with Crippen molar-refractivity contribution in [2.45, 2.75) is 13.3 Å². The number of aromatic nitrogens is 2. The molecule has 0 atom stereocenters. The number of benzene rings is 1. The van der Waals surface area contributed by atoms with Gasteiger partial charge in [0.2, 0.25) is 0 Å². The molecule has 2 rings (SSSR count). The van der Waals surface area contributed by atoms with Gasteiger partial charge in [-0.25, -0.2) is 14.8 Å². The number of aromatic carboxylic acids is 1. The summed E-state index contributed by atoms with van der Waals surface area (Å²) in [5.74, 6) is -0.626. The van der Waals surface area contributed by atoms with Crippen molar-refractivity contribution in [1.82, 2.24) is 9.97 Å². The second-order valence-electron chi connectivity index (χ2n) is 3.87. The second-order valence-corrected chi connectivity index (χ2v) is 4.74. The fourth-order valence-corrected chi connectivity index (χ4v) is 2.21. The summed E-state index contributed by atoms with van der Waals surface area (Å²) in [6.07, 6.45) is 1.81. The van der Waals surface area contributed by atoms with Crippen molar-refractivity contribution in [2.24, 2.45) is 0 Å². The van der Waals surface area contributed by atoms with Crippen molar-refractivity contribution in [3.05, 3.63) is 45.7 Å². The third-order valence-corrected chi connectivity index (χ3v) is 2.99. The minimum Gasteiger partial charge on any atom is -0.478 e. The molecule has 2 aromatic rings. The lowest BCUT2D eigenvalue weighted by molar-refractivity contribution is 0.0694. The first-order valence-corrected chi connectivity index (χ1v) is 6.32. The molecule has 0 fully saturated rings. The molecule has 0 spiro atoms. The van der Waals surface area contributed by atoms with Crippen LogP contribution in [0.3, 0.4) is 0 Å². The maximum absolute atomic E-state index is 11.0. The van der Waals surface area contributed by atoms with Crippen LogP contribution >= 0.6 is 23.2 Å². The van der Waals surface area contributed by atoms with Crippen LogP contribution in [0.1, 0.15) is 23.0 Å². The Morgan fingerprint density at radius 1 is 1.26 bits per heavy atom. The smallest absolute Gasteiger partial charge is 0.339 e. The van der Waals surface area contributed by atoms with E-state index >= 15 is 0 Å². The van der Waals surface area contributed by atoms with Gasteiger partial charge in [-0.3, -0.25) is 0 Å². The van der Waals surface area contributed by atoms with Gasteiger partial charge in [0.05, 0.1) is 11.3 Å². The van der Waals surface area contributed by atoms with Gasteiger partial charge in [0, 0.05) is 21.8 Å². The van der Waals surface area contributed by atoms with Crippen LogP contribution in [0.15, 0.2) is 24.4 Å². The highest BCUT2D eigenvalue weighted by Gasteiger charge is 2.13. The van der Waals surface area contributed by atoms with Gasteiger partial charge in [-0.1, -0.05) is 30.1 Å². The molecule has 0 radical (unpaired) electrons. The Labute approximate surface area is 120 Å². The van der Waals surface area contributed by atoms with Crippen LogP contribution < -0.4 is 0 Å². The van der Waals surface area contributed by atoms with E-state index in [1.165, 1.54) is 6.20 Å². The molecule has 0 amide bonds. The van der Waals surface area contributed by atoms with Crippen LogP contribution in [0.4, 0.5) is 0 Å². The highest BCUT2D eigenvalue weighted by atomic mass is 35.5. The van der Waals surface area contributed by atoms with Crippen LogP contribution in [0.5, 0.6) is 0 Å². The largest absolute Gasteiger partial charge is 0.478 e. The Bertz CT molecular complexity index is 624. The van der Waals surface area contributed by atoms with Gasteiger partial charge in [-0.15, -0.1) is 0 Å². The lowest BCUT2D eigenvalue weighted by atomic mass is 10.1. The summed E-state index contributed by atoms with van der Waals surface area (Å²) in [6, 6.07) is 4.98. The number of nitrogens with zero attached hydrogens (tertiary/aromatic N) is 2. The first-order valence-electron chi connectivity index (χ1n) is 5.57. The number of carbonyl (C=O) groups is 1. The molecular weight excluding hydrogens is 287 g/mol. The molecule has 98 valence electrons. The fraction of sp³-hybridized carbons (Fsp3) is 0.154. The molecule has 1 heterocycles.